The number of carbonyl (C=O) groups excluding carboxylic acids is 2. The first-order chi connectivity index (χ1) is 19.5. The zero-order valence-electron chi connectivity index (χ0n) is 23.9. The third kappa shape index (κ3) is 8.96. The number of carbonyl (C=O) groups is 2. The van der Waals surface area contributed by atoms with E-state index in [-0.39, 0.29) is 30.6 Å². The summed E-state index contributed by atoms with van der Waals surface area (Å²) in [5.41, 5.74) is 1.74. The van der Waals surface area contributed by atoms with Crippen LogP contribution < -0.4 is 14.4 Å². The normalized spacial score (nSPS) is 12.7. The molecule has 0 heterocycles. The molecule has 0 radical (unpaired) electrons. The summed E-state index contributed by atoms with van der Waals surface area (Å²) in [4.78, 5) is 29.4. The zero-order valence-corrected chi connectivity index (χ0v) is 25.5. The molecule has 0 aromatic heterocycles. The van der Waals surface area contributed by atoms with E-state index in [0.717, 1.165) is 16.1 Å². The number of benzene rings is 3. The molecule has 0 spiro atoms. The van der Waals surface area contributed by atoms with Crippen molar-refractivity contribution in [3.8, 4) is 5.75 Å². The lowest BCUT2D eigenvalue weighted by molar-refractivity contribution is -0.140. The fourth-order valence-corrected chi connectivity index (χ4v) is 5.39. The number of sulfonamides is 1. The molecule has 41 heavy (non-hydrogen) atoms. The van der Waals surface area contributed by atoms with Crippen LogP contribution in [0.4, 0.5) is 5.69 Å². The van der Waals surface area contributed by atoms with E-state index in [4.69, 9.17) is 16.3 Å². The SMILES string of the molecule is CCOc1ccccc1N(CC(=O)N(Cc1ccccc1Cl)[C@H](Cc1ccccc1)C(=O)N[C@@H](C)CC)S(C)(=O)=O. The molecule has 3 aromatic rings. The molecule has 1 N–H and O–H groups in total. The van der Waals surface area contributed by atoms with Crippen LogP contribution in [-0.4, -0.2) is 56.6 Å². The Morgan fingerprint density at radius 1 is 0.951 bits per heavy atom. The lowest BCUT2D eigenvalue weighted by Gasteiger charge is -2.34. The van der Waals surface area contributed by atoms with Crippen molar-refractivity contribution in [1.82, 2.24) is 10.2 Å². The van der Waals surface area contributed by atoms with E-state index in [2.05, 4.69) is 5.32 Å². The molecule has 0 fully saturated rings. The molecule has 0 aliphatic heterocycles. The Labute approximate surface area is 248 Å². The maximum absolute atomic E-state index is 14.2. The van der Waals surface area contributed by atoms with Gasteiger partial charge < -0.3 is 15.0 Å². The Morgan fingerprint density at radius 2 is 1.59 bits per heavy atom. The largest absolute Gasteiger partial charge is 0.492 e. The number of para-hydroxylation sites is 2. The van der Waals surface area contributed by atoms with Crippen LogP contribution in [0.2, 0.25) is 5.02 Å². The van der Waals surface area contributed by atoms with Gasteiger partial charge in [-0.2, -0.15) is 0 Å². The molecule has 2 amide bonds. The fraction of sp³-hybridized carbons (Fsp3) is 0.355. The summed E-state index contributed by atoms with van der Waals surface area (Å²) in [6.45, 7) is 5.44. The van der Waals surface area contributed by atoms with Gasteiger partial charge in [-0.15, -0.1) is 0 Å². The second-order valence-electron chi connectivity index (χ2n) is 9.81. The number of nitrogens with one attached hydrogen (secondary N) is 1. The van der Waals surface area contributed by atoms with E-state index < -0.39 is 28.5 Å². The predicted molar refractivity (Wildman–Crippen MR) is 164 cm³/mol. The van der Waals surface area contributed by atoms with Gasteiger partial charge in [0.2, 0.25) is 21.8 Å². The Balaban J connectivity index is 2.09. The minimum Gasteiger partial charge on any atom is -0.492 e. The summed E-state index contributed by atoms with van der Waals surface area (Å²) in [6, 6.07) is 22.1. The Hall–Kier alpha value is -3.56. The molecule has 3 rings (SSSR count). The lowest BCUT2D eigenvalue weighted by atomic mass is 10.0. The van der Waals surface area contributed by atoms with Crippen molar-refractivity contribution in [1.29, 1.82) is 0 Å². The van der Waals surface area contributed by atoms with Crippen LogP contribution in [0, 0.1) is 0 Å². The highest BCUT2D eigenvalue weighted by Gasteiger charge is 2.34. The molecule has 3 aromatic carbocycles. The van der Waals surface area contributed by atoms with Gasteiger partial charge in [0.15, 0.2) is 0 Å². The second kappa shape index (κ2) is 14.9. The van der Waals surface area contributed by atoms with Gasteiger partial charge in [0.05, 0.1) is 18.6 Å². The Kier molecular flexibility index (Phi) is 11.6. The zero-order chi connectivity index (χ0) is 30.0. The third-order valence-corrected chi connectivity index (χ3v) is 8.18. The van der Waals surface area contributed by atoms with E-state index >= 15 is 0 Å². The van der Waals surface area contributed by atoms with Crippen molar-refractivity contribution in [2.75, 3.05) is 23.7 Å². The van der Waals surface area contributed by atoms with Gasteiger partial charge in [-0.3, -0.25) is 13.9 Å². The first-order valence-electron chi connectivity index (χ1n) is 13.6. The summed E-state index contributed by atoms with van der Waals surface area (Å²) < 4.78 is 32.8. The van der Waals surface area contributed by atoms with Crippen molar-refractivity contribution in [2.45, 2.75) is 52.2 Å². The molecule has 0 unspecified atom stereocenters. The first-order valence-corrected chi connectivity index (χ1v) is 15.8. The highest BCUT2D eigenvalue weighted by Crippen LogP contribution is 2.30. The van der Waals surface area contributed by atoms with Crippen molar-refractivity contribution >= 4 is 39.1 Å². The number of ether oxygens (including phenoxy) is 1. The number of halogens is 1. The minimum absolute atomic E-state index is 0.00857. The average molecular weight is 600 g/mol. The minimum atomic E-state index is -3.92. The van der Waals surface area contributed by atoms with Crippen molar-refractivity contribution < 1.29 is 22.7 Å². The predicted octanol–water partition coefficient (Wildman–Crippen LogP) is 5.06. The van der Waals surface area contributed by atoms with Crippen LogP contribution in [-0.2, 0) is 32.6 Å². The van der Waals surface area contributed by atoms with Crippen LogP contribution in [0.25, 0.3) is 0 Å². The van der Waals surface area contributed by atoms with E-state index in [9.17, 15) is 18.0 Å². The van der Waals surface area contributed by atoms with Crippen molar-refractivity contribution in [3.05, 3.63) is 95.0 Å². The van der Waals surface area contributed by atoms with E-state index in [0.29, 0.717) is 29.4 Å². The van der Waals surface area contributed by atoms with Crippen LogP contribution in [0.5, 0.6) is 5.75 Å². The van der Waals surface area contributed by atoms with Crippen LogP contribution in [0.1, 0.15) is 38.3 Å². The summed E-state index contributed by atoms with van der Waals surface area (Å²) in [7, 11) is -3.92. The Bertz CT molecular complexity index is 1420. The molecule has 0 saturated carbocycles. The van der Waals surface area contributed by atoms with Gasteiger partial charge in [0, 0.05) is 24.0 Å². The summed E-state index contributed by atoms with van der Waals surface area (Å²) in [5, 5.41) is 3.45. The average Bonchev–Trinajstić information content (AvgIpc) is 2.95. The lowest BCUT2D eigenvalue weighted by Crippen LogP contribution is -2.54. The van der Waals surface area contributed by atoms with Gasteiger partial charge in [0.25, 0.3) is 0 Å². The maximum atomic E-state index is 14.2. The Morgan fingerprint density at radius 3 is 2.22 bits per heavy atom. The van der Waals surface area contributed by atoms with Gasteiger partial charge in [-0.05, 0) is 49.6 Å². The first kappa shape index (κ1) is 32.0. The molecule has 0 bridgehead atoms. The van der Waals surface area contributed by atoms with Gasteiger partial charge in [-0.1, -0.05) is 79.2 Å². The highest BCUT2D eigenvalue weighted by atomic mass is 35.5. The molecule has 0 saturated heterocycles. The summed E-state index contributed by atoms with van der Waals surface area (Å²) in [5.74, 6) is -0.549. The molecule has 0 aliphatic carbocycles. The van der Waals surface area contributed by atoms with Crippen molar-refractivity contribution in [2.24, 2.45) is 0 Å². The van der Waals surface area contributed by atoms with Gasteiger partial charge >= 0.3 is 0 Å². The van der Waals surface area contributed by atoms with Crippen LogP contribution in [0.15, 0.2) is 78.9 Å². The van der Waals surface area contributed by atoms with Gasteiger partial charge in [0.1, 0.15) is 18.3 Å². The quantitative estimate of drug-likeness (QED) is 0.279. The number of hydrogen-bond acceptors (Lipinski definition) is 5. The second-order valence-corrected chi connectivity index (χ2v) is 12.1. The van der Waals surface area contributed by atoms with E-state index in [1.807, 2.05) is 44.2 Å². The van der Waals surface area contributed by atoms with E-state index in [1.165, 1.54) is 4.90 Å². The smallest absolute Gasteiger partial charge is 0.244 e. The number of nitrogens with zero attached hydrogens (tertiary/aromatic N) is 2. The van der Waals surface area contributed by atoms with Crippen LogP contribution in [0.3, 0.4) is 0 Å². The van der Waals surface area contributed by atoms with E-state index in [1.54, 1.807) is 55.5 Å². The highest BCUT2D eigenvalue weighted by molar-refractivity contribution is 7.92. The summed E-state index contributed by atoms with van der Waals surface area (Å²) >= 11 is 6.49. The molecule has 8 nitrogen and oxygen atoms in total. The molecule has 0 aliphatic rings. The number of hydrogen-bond donors (Lipinski definition) is 1. The number of amides is 2. The molecule has 220 valence electrons. The number of rotatable bonds is 14. The maximum Gasteiger partial charge on any atom is 0.244 e. The third-order valence-electron chi connectivity index (χ3n) is 6.68. The summed E-state index contributed by atoms with van der Waals surface area (Å²) in [6.07, 6.45) is 1.98. The molecular formula is C31H38ClN3O5S. The monoisotopic (exact) mass is 599 g/mol. The molecule has 10 heteroatoms. The van der Waals surface area contributed by atoms with Crippen molar-refractivity contribution in [3.63, 3.8) is 0 Å². The number of anilines is 1. The van der Waals surface area contributed by atoms with Crippen LogP contribution >= 0.6 is 11.6 Å². The molecule has 2 atom stereocenters. The fourth-order valence-electron chi connectivity index (χ4n) is 4.34. The standard InChI is InChI=1S/C31H38ClN3O5S/c1-5-23(3)33-31(37)28(20-24-14-8-7-9-15-24)34(21-25-16-10-11-17-26(25)32)30(36)22-35(41(4,38)39)27-18-12-13-19-29(27)40-6-2/h7-19,23,28H,5-6,20-22H2,1-4H3,(H,33,37)/t23-,28+/m0/s1. The topological polar surface area (TPSA) is 96.0 Å². The molecular weight excluding hydrogens is 562 g/mol. The van der Waals surface area contributed by atoms with Gasteiger partial charge in [-0.25, -0.2) is 8.42 Å².